The maximum absolute atomic E-state index is 8.89. The highest BCUT2D eigenvalue weighted by molar-refractivity contribution is 5.48. The molecule has 0 aliphatic carbocycles. The van der Waals surface area contributed by atoms with Crippen molar-refractivity contribution >= 4 is 5.82 Å². The summed E-state index contributed by atoms with van der Waals surface area (Å²) in [5.74, 6) is 1.11. The van der Waals surface area contributed by atoms with Crippen LogP contribution >= 0.6 is 0 Å². The van der Waals surface area contributed by atoms with Crippen LogP contribution in [0.5, 0.6) is 0 Å². The van der Waals surface area contributed by atoms with E-state index in [1.807, 2.05) is 12.1 Å². The molecule has 0 saturated carbocycles. The zero-order valence-electron chi connectivity index (χ0n) is 13.1. The van der Waals surface area contributed by atoms with Gasteiger partial charge in [-0.1, -0.05) is 54.6 Å². The minimum Gasteiger partial charge on any atom is -0.350 e. The van der Waals surface area contributed by atoms with Gasteiger partial charge in [0.25, 0.3) is 0 Å². The van der Waals surface area contributed by atoms with Gasteiger partial charge in [0.2, 0.25) is 0 Å². The lowest BCUT2D eigenvalue weighted by Gasteiger charge is -2.35. The van der Waals surface area contributed by atoms with Crippen molar-refractivity contribution in [2.75, 3.05) is 11.4 Å². The number of anilines is 1. The van der Waals surface area contributed by atoms with Crippen LogP contribution in [0.3, 0.4) is 0 Å². The summed E-state index contributed by atoms with van der Waals surface area (Å²) in [6, 6.07) is 21.1. The van der Waals surface area contributed by atoms with Gasteiger partial charge in [0.15, 0.2) is 5.69 Å². The second-order valence-corrected chi connectivity index (χ2v) is 5.91. The molecule has 1 aromatic heterocycles. The lowest BCUT2D eigenvalue weighted by molar-refractivity contribution is 0.656. The first-order chi connectivity index (χ1) is 11.8. The number of fused-ring (bicyclic) bond motifs is 1. The van der Waals surface area contributed by atoms with Gasteiger partial charge in [0, 0.05) is 19.0 Å². The molecule has 1 aliphatic rings. The Morgan fingerprint density at radius 2 is 1.75 bits per heavy atom. The molecule has 4 nitrogen and oxygen atoms in total. The van der Waals surface area contributed by atoms with Gasteiger partial charge in [-0.05, 0) is 16.7 Å². The Balaban J connectivity index is 1.73. The van der Waals surface area contributed by atoms with Gasteiger partial charge >= 0.3 is 0 Å². The molecule has 0 fully saturated rings. The molecular weight excluding hydrogens is 296 g/mol. The number of hydrogen-bond donors (Lipinski definition) is 0. The Labute approximate surface area is 141 Å². The monoisotopic (exact) mass is 312 g/mol. The molecule has 0 saturated heterocycles. The van der Waals surface area contributed by atoms with Crippen molar-refractivity contribution in [3.8, 4) is 6.07 Å². The zero-order valence-corrected chi connectivity index (χ0v) is 13.1. The van der Waals surface area contributed by atoms with Gasteiger partial charge in [-0.2, -0.15) is 5.26 Å². The molecule has 1 aliphatic heterocycles. The zero-order chi connectivity index (χ0) is 16.4. The van der Waals surface area contributed by atoms with E-state index in [0.717, 1.165) is 18.9 Å². The van der Waals surface area contributed by atoms with E-state index in [-0.39, 0.29) is 0 Å². The molecule has 116 valence electrons. The molecule has 1 unspecified atom stereocenters. The summed E-state index contributed by atoms with van der Waals surface area (Å²) in [7, 11) is 0. The highest BCUT2D eigenvalue weighted by atomic mass is 15.2. The molecule has 2 aromatic carbocycles. The maximum atomic E-state index is 8.89. The Hall–Kier alpha value is -3.19. The predicted molar refractivity (Wildman–Crippen MR) is 92.5 cm³/mol. The van der Waals surface area contributed by atoms with Crippen molar-refractivity contribution in [1.82, 2.24) is 9.97 Å². The van der Waals surface area contributed by atoms with Crippen LogP contribution in [0.1, 0.15) is 28.3 Å². The van der Waals surface area contributed by atoms with Crippen LogP contribution in [0, 0.1) is 11.3 Å². The Morgan fingerprint density at radius 1 is 0.958 bits per heavy atom. The fourth-order valence-electron chi connectivity index (χ4n) is 3.29. The van der Waals surface area contributed by atoms with Crippen molar-refractivity contribution in [3.63, 3.8) is 0 Å². The predicted octanol–water partition coefficient (Wildman–Crippen LogP) is 3.50. The van der Waals surface area contributed by atoms with Gasteiger partial charge in [-0.25, -0.2) is 9.97 Å². The van der Waals surface area contributed by atoms with Crippen LogP contribution in [0.2, 0.25) is 0 Å². The lowest BCUT2D eigenvalue weighted by Crippen LogP contribution is -2.34. The SMILES string of the molecule is N#Cc1cnc(N2Cc3ccccc3C(c3ccccc3)C2)cn1. The summed E-state index contributed by atoms with van der Waals surface area (Å²) in [5, 5.41) is 8.89. The molecule has 0 spiro atoms. The summed E-state index contributed by atoms with van der Waals surface area (Å²) >= 11 is 0. The Morgan fingerprint density at radius 3 is 2.50 bits per heavy atom. The molecule has 0 amide bonds. The molecule has 1 atom stereocenters. The van der Waals surface area contributed by atoms with Crippen molar-refractivity contribution in [2.24, 2.45) is 0 Å². The largest absolute Gasteiger partial charge is 0.350 e. The quantitative estimate of drug-likeness (QED) is 0.727. The van der Waals surface area contributed by atoms with Crippen LogP contribution in [-0.2, 0) is 6.54 Å². The van der Waals surface area contributed by atoms with Crippen LogP contribution in [0.25, 0.3) is 0 Å². The summed E-state index contributed by atoms with van der Waals surface area (Å²) in [6.45, 7) is 1.65. The maximum Gasteiger partial charge on any atom is 0.158 e. The molecule has 0 radical (unpaired) electrons. The van der Waals surface area contributed by atoms with Crippen LogP contribution in [0.15, 0.2) is 67.0 Å². The van der Waals surface area contributed by atoms with Crippen LogP contribution in [-0.4, -0.2) is 16.5 Å². The summed E-state index contributed by atoms with van der Waals surface area (Å²) < 4.78 is 0. The van der Waals surface area contributed by atoms with Gasteiger partial charge in [0.1, 0.15) is 11.9 Å². The first kappa shape index (κ1) is 14.4. The fourth-order valence-corrected chi connectivity index (χ4v) is 3.29. The summed E-state index contributed by atoms with van der Waals surface area (Å²) in [5.41, 5.74) is 4.33. The third-order valence-corrected chi connectivity index (χ3v) is 4.47. The van der Waals surface area contributed by atoms with E-state index in [4.69, 9.17) is 5.26 Å². The fraction of sp³-hybridized carbons (Fsp3) is 0.150. The van der Waals surface area contributed by atoms with Crippen molar-refractivity contribution in [1.29, 1.82) is 5.26 Å². The standard InChI is InChI=1S/C20H16N4/c21-10-17-11-23-20(12-22-17)24-13-16-8-4-5-9-18(16)19(14-24)15-6-2-1-3-7-15/h1-9,11-12,19H,13-14H2. The van der Waals surface area contributed by atoms with E-state index in [1.165, 1.54) is 22.9 Å². The van der Waals surface area contributed by atoms with Crippen molar-refractivity contribution in [3.05, 3.63) is 89.4 Å². The highest BCUT2D eigenvalue weighted by Gasteiger charge is 2.27. The third kappa shape index (κ3) is 2.61. The van der Waals surface area contributed by atoms with Gasteiger partial charge < -0.3 is 4.90 Å². The molecule has 2 heterocycles. The van der Waals surface area contributed by atoms with Gasteiger partial charge in [-0.3, -0.25) is 0 Å². The summed E-state index contributed by atoms with van der Waals surface area (Å²) in [4.78, 5) is 10.8. The van der Waals surface area contributed by atoms with E-state index in [1.54, 1.807) is 6.20 Å². The molecule has 24 heavy (non-hydrogen) atoms. The van der Waals surface area contributed by atoms with E-state index in [9.17, 15) is 0 Å². The highest BCUT2D eigenvalue weighted by Crippen LogP contribution is 2.34. The Bertz CT molecular complexity index is 882. The van der Waals surface area contributed by atoms with E-state index in [0.29, 0.717) is 11.6 Å². The molecule has 0 N–H and O–H groups in total. The average Bonchev–Trinajstić information content (AvgIpc) is 2.68. The summed E-state index contributed by atoms with van der Waals surface area (Å²) in [6.07, 6.45) is 3.22. The normalized spacial score (nSPS) is 16.3. The number of nitriles is 1. The number of nitrogens with zero attached hydrogens (tertiary/aromatic N) is 4. The number of hydrogen-bond acceptors (Lipinski definition) is 4. The first-order valence-corrected chi connectivity index (χ1v) is 7.95. The number of benzene rings is 2. The van der Waals surface area contributed by atoms with Crippen LogP contribution in [0.4, 0.5) is 5.82 Å². The number of rotatable bonds is 2. The van der Waals surface area contributed by atoms with Crippen molar-refractivity contribution in [2.45, 2.75) is 12.5 Å². The molecular formula is C20H16N4. The van der Waals surface area contributed by atoms with Gasteiger partial charge in [0.05, 0.1) is 12.4 Å². The minimum atomic E-state index is 0.300. The second kappa shape index (κ2) is 6.13. The van der Waals surface area contributed by atoms with Gasteiger partial charge in [-0.15, -0.1) is 0 Å². The third-order valence-electron chi connectivity index (χ3n) is 4.47. The Kier molecular flexibility index (Phi) is 3.68. The van der Waals surface area contributed by atoms with Crippen molar-refractivity contribution < 1.29 is 0 Å². The minimum absolute atomic E-state index is 0.300. The molecule has 3 aromatic rings. The molecule has 4 heteroatoms. The molecule has 4 rings (SSSR count). The second-order valence-electron chi connectivity index (χ2n) is 5.91. The topological polar surface area (TPSA) is 52.8 Å². The lowest BCUT2D eigenvalue weighted by atomic mass is 9.85. The van der Waals surface area contributed by atoms with Crippen LogP contribution < -0.4 is 4.90 Å². The van der Waals surface area contributed by atoms with E-state index >= 15 is 0 Å². The van der Waals surface area contributed by atoms with E-state index < -0.39 is 0 Å². The number of aromatic nitrogens is 2. The molecule has 0 bridgehead atoms. The smallest absolute Gasteiger partial charge is 0.158 e. The van der Waals surface area contributed by atoms with E-state index in [2.05, 4.69) is 63.4 Å². The first-order valence-electron chi connectivity index (χ1n) is 7.95. The average molecular weight is 312 g/mol.